The van der Waals surface area contributed by atoms with Crippen LogP contribution in [0.1, 0.15) is 30.6 Å². The number of carbonyl (C=O) groups excluding carboxylic acids is 1. The Labute approximate surface area is 114 Å². The van der Waals surface area contributed by atoms with E-state index in [9.17, 15) is 4.79 Å². The normalized spacial score (nSPS) is 10.2. The van der Waals surface area contributed by atoms with E-state index in [1.165, 1.54) is 0 Å². The molecular formula is C17H18O2. The number of ether oxygens (including phenoxy) is 1. The number of ketones is 1. The largest absolute Gasteiger partial charge is 0.494 e. The highest BCUT2D eigenvalue weighted by Crippen LogP contribution is 2.23. The Hall–Kier alpha value is -2.09. The number of hydrogen-bond donors (Lipinski definition) is 0. The molecule has 0 atom stereocenters. The molecule has 19 heavy (non-hydrogen) atoms. The van der Waals surface area contributed by atoms with E-state index in [0.29, 0.717) is 13.0 Å². The molecule has 0 unspecified atom stereocenters. The van der Waals surface area contributed by atoms with E-state index in [0.717, 1.165) is 22.4 Å². The van der Waals surface area contributed by atoms with Crippen molar-refractivity contribution in [1.29, 1.82) is 0 Å². The van der Waals surface area contributed by atoms with Gasteiger partial charge in [0.15, 0.2) is 5.78 Å². The molecule has 0 saturated carbocycles. The molecule has 98 valence electrons. The van der Waals surface area contributed by atoms with Crippen LogP contribution in [0.5, 0.6) is 5.75 Å². The maximum Gasteiger partial charge on any atom is 0.162 e. The molecule has 2 rings (SSSR count). The Morgan fingerprint density at radius 2 is 1.74 bits per heavy atom. The number of Topliss-reactive ketones (excluding diaryl/α,β-unsaturated/α-hetero) is 1. The summed E-state index contributed by atoms with van der Waals surface area (Å²) in [4.78, 5) is 11.7. The van der Waals surface area contributed by atoms with Gasteiger partial charge >= 0.3 is 0 Å². The molecule has 0 spiro atoms. The maximum absolute atomic E-state index is 11.7. The fourth-order valence-corrected chi connectivity index (χ4v) is 1.99. The van der Waals surface area contributed by atoms with Crippen molar-refractivity contribution < 1.29 is 9.53 Å². The van der Waals surface area contributed by atoms with E-state index in [1.807, 2.05) is 62.4 Å². The molecule has 0 aromatic heterocycles. The monoisotopic (exact) mass is 254 g/mol. The van der Waals surface area contributed by atoms with Crippen LogP contribution in [0.4, 0.5) is 0 Å². The Morgan fingerprint density at radius 1 is 1.00 bits per heavy atom. The third-order valence-corrected chi connectivity index (χ3v) is 3.00. The van der Waals surface area contributed by atoms with Gasteiger partial charge < -0.3 is 4.74 Å². The molecule has 2 aromatic carbocycles. The molecule has 0 aliphatic rings. The molecule has 0 heterocycles. The summed E-state index contributed by atoms with van der Waals surface area (Å²) in [6, 6.07) is 15.7. The second-order valence-electron chi connectivity index (χ2n) is 4.31. The summed E-state index contributed by atoms with van der Waals surface area (Å²) < 4.78 is 5.42. The first kappa shape index (κ1) is 13.3. The van der Waals surface area contributed by atoms with Crippen LogP contribution < -0.4 is 4.74 Å². The van der Waals surface area contributed by atoms with Crippen LogP contribution >= 0.6 is 0 Å². The number of benzene rings is 2. The first-order valence-electron chi connectivity index (χ1n) is 6.61. The van der Waals surface area contributed by atoms with Crippen LogP contribution in [0.3, 0.4) is 0 Å². The molecule has 0 radical (unpaired) electrons. The first-order chi connectivity index (χ1) is 9.24. The fraction of sp³-hybridized carbons (Fsp3) is 0.235. The minimum atomic E-state index is 0.174. The summed E-state index contributed by atoms with van der Waals surface area (Å²) in [5, 5.41) is 0. The van der Waals surface area contributed by atoms with Crippen LogP contribution in [0.25, 0.3) is 11.1 Å². The van der Waals surface area contributed by atoms with Gasteiger partial charge in [0.25, 0.3) is 0 Å². The maximum atomic E-state index is 11.7. The van der Waals surface area contributed by atoms with Crippen LogP contribution in [0, 0.1) is 0 Å². The van der Waals surface area contributed by atoms with Crippen molar-refractivity contribution >= 4 is 5.78 Å². The zero-order valence-electron chi connectivity index (χ0n) is 11.3. The van der Waals surface area contributed by atoms with Crippen molar-refractivity contribution in [3.63, 3.8) is 0 Å². The molecular weight excluding hydrogens is 236 g/mol. The second-order valence-corrected chi connectivity index (χ2v) is 4.31. The van der Waals surface area contributed by atoms with Gasteiger partial charge in [-0.15, -0.1) is 0 Å². The van der Waals surface area contributed by atoms with Crippen molar-refractivity contribution in [2.24, 2.45) is 0 Å². The summed E-state index contributed by atoms with van der Waals surface area (Å²) in [5.74, 6) is 1.04. The Balaban J connectivity index is 2.28. The summed E-state index contributed by atoms with van der Waals surface area (Å²) in [7, 11) is 0. The van der Waals surface area contributed by atoms with E-state index in [2.05, 4.69) is 0 Å². The molecule has 2 heteroatoms. The lowest BCUT2D eigenvalue weighted by Gasteiger charge is -2.06. The average Bonchev–Trinajstić information content (AvgIpc) is 2.48. The minimum Gasteiger partial charge on any atom is -0.494 e. The molecule has 2 aromatic rings. The smallest absolute Gasteiger partial charge is 0.162 e. The van der Waals surface area contributed by atoms with Crippen molar-refractivity contribution in [3.8, 4) is 16.9 Å². The van der Waals surface area contributed by atoms with Gasteiger partial charge in [-0.2, -0.15) is 0 Å². The Morgan fingerprint density at radius 3 is 2.37 bits per heavy atom. The molecule has 0 aliphatic carbocycles. The van der Waals surface area contributed by atoms with E-state index in [4.69, 9.17) is 4.74 Å². The topological polar surface area (TPSA) is 26.3 Å². The molecule has 0 amide bonds. The summed E-state index contributed by atoms with van der Waals surface area (Å²) >= 11 is 0. The number of hydrogen-bond acceptors (Lipinski definition) is 2. The van der Waals surface area contributed by atoms with E-state index >= 15 is 0 Å². The molecule has 0 fully saturated rings. The van der Waals surface area contributed by atoms with Gasteiger partial charge in [-0.25, -0.2) is 0 Å². The predicted octanol–water partition coefficient (Wildman–Crippen LogP) is 4.35. The van der Waals surface area contributed by atoms with Crippen molar-refractivity contribution in [3.05, 3.63) is 54.1 Å². The summed E-state index contributed by atoms with van der Waals surface area (Å²) in [5.41, 5.74) is 2.92. The fourth-order valence-electron chi connectivity index (χ4n) is 1.99. The molecule has 0 saturated heterocycles. The summed E-state index contributed by atoms with van der Waals surface area (Å²) in [6.07, 6.45) is 0.534. The zero-order chi connectivity index (χ0) is 13.7. The van der Waals surface area contributed by atoms with Gasteiger partial charge in [0.05, 0.1) is 6.61 Å². The average molecular weight is 254 g/mol. The van der Waals surface area contributed by atoms with Gasteiger partial charge in [0.1, 0.15) is 5.75 Å². The van der Waals surface area contributed by atoms with Crippen molar-refractivity contribution in [2.75, 3.05) is 6.61 Å². The van der Waals surface area contributed by atoms with E-state index in [-0.39, 0.29) is 5.78 Å². The number of rotatable bonds is 5. The van der Waals surface area contributed by atoms with Crippen molar-refractivity contribution in [1.82, 2.24) is 0 Å². The molecule has 2 nitrogen and oxygen atoms in total. The highest BCUT2D eigenvalue weighted by Gasteiger charge is 2.05. The quantitative estimate of drug-likeness (QED) is 0.742. The predicted molar refractivity (Wildman–Crippen MR) is 77.7 cm³/mol. The Kier molecular flexibility index (Phi) is 4.35. The Bertz CT molecular complexity index is 556. The SMILES string of the molecule is CCOc1ccc(-c2cccc(C(=O)CC)c2)cc1. The second kappa shape index (κ2) is 6.19. The van der Waals surface area contributed by atoms with Crippen LogP contribution in [0.15, 0.2) is 48.5 Å². The van der Waals surface area contributed by atoms with Crippen molar-refractivity contribution in [2.45, 2.75) is 20.3 Å². The van der Waals surface area contributed by atoms with Crippen LogP contribution in [-0.4, -0.2) is 12.4 Å². The van der Waals surface area contributed by atoms with Gasteiger partial charge in [-0.1, -0.05) is 37.3 Å². The van der Waals surface area contributed by atoms with E-state index < -0.39 is 0 Å². The zero-order valence-corrected chi connectivity index (χ0v) is 11.3. The van der Waals surface area contributed by atoms with Gasteiger partial charge in [0, 0.05) is 12.0 Å². The number of carbonyl (C=O) groups is 1. The standard InChI is InChI=1S/C17H18O2/c1-3-17(18)15-7-5-6-14(12-15)13-8-10-16(11-9-13)19-4-2/h5-12H,3-4H2,1-2H3. The lowest BCUT2D eigenvalue weighted by Crippen LogP contribution is -1.96. The third kappa shape index (κ3) is 3.22. The highest BCUT2D eigenvalue weighted by atomic mass is 16.5. The lowest BCUT2D eigenvalue weighted by atomic mass is 10.0. The van der Waals surface area contributed by atoms with Gasteiger partial charge in [-0.05, 0) is 36.2 Å². The minimum absolute atomic E-state index is 0.174. The molecule has 0 N–H and O–H groups in total. The molecule has 0 aliphatic heterocycles. The third-order valence-electron chi connectivity index (χ3n) is 3.00. The van der Waals surface area contributed by atoms with Gasteiger partial charge in [0.2, 0.25) is 0 Å². The first-order valence-corrected chi connectivity index (χ1v) is 6.61. The van der Waals surface area contributed by atoms with Crippen LogP contribution in [-0.2, 0) is 0 Å². The highest BCUT2D eigenvalue weighted by molar-refractivity contribution is 5.97. The molecule has 0 bridgehead atoms. The summed E-state index contributed by atoms with van der Waals surface area (Å²) in [6.45, 7) is 4.51. The lowest BCUT2D eigenvalue weighted by molar-refractivity contribution is 0.0988. The van der Waals surface area contributed by atoms with E-state index in [1.54, 1.807) is 0 Å². The van der Waals surface area contributed by atoms with Crippen LogP contribution in [0.2, 0.25) is 0 Å². The van der Waals surface area contributed by atoms with Gasteiger partial charge in [-0.3, -0.25) is 4.79 Å².